The topological polar surface area (TPSA) is 73.5 Å². The summed E-state index contributed by atoms with van der Waals surface area (Å²) < 4.78 is 27.7. The molecule has 0 spiro atoms. The van der Waals surface area contributed by atoms with E-state index in [1.807, 2.05) is 0 Å². The number of hydrogen-bond acceptors (Lipinski definition) is 3. The molecule has 2 aromatic carbocycles. The van der Waals surface area contributed by atoms with Gasteiger partial charge in [0.1, 0.15) is 11.6 Å². The molecule has 0 bridgehead atoms. The van der Waals surface area contributed by atoms with Gasteiger partial charge in [-0.25, -0.2) is 13.6 Å². The Kier molecular flexibility index (Phi) is 6.11. The largest absolute Gasteiger partial charge is 0.375 e. The standard InChI is InChI=1S/C18H20F2N4O2/c1-11(25)22-13-5-6-14(19)16(9-13)23-18(26)21-10-12-4-7-17(24(2)3)15(20)8-12/h4-9H,10H2,1-3H3,(H,22,25)(H2,21,23,26). The minimum Gasteiger partial charge on any atom is -0.375 e. The number of amides is 3. The molecule has 26 heavy (non-hydrogen) atoms. The number of anilines is 3. The van der Waals surface area contributed by atoms with Crippen LogP contribution in [0.3, 0.4) is 0 Å². The molecule has 0 aliphatic heterocycles. The lowest BCUT2D eigenvalue weighted by Crippen LogP contribution is -2.28. The van der Waals surface area contributed by atoms with E-state index in [1.54, 1.807) is 31.1 Å². The third kappa shape index (κ3) is 5.17. The second-order valence-electron chi connectivity index (χ2n) is 5.86. The van der Waals surface area contributed by atoms with E-state index in [0.717, 1.165) is 6.07 Å². The zero-order chi connectivity index (χ0) is 19.3. The predicted molar refractivity (Wildman–Crippen MR) is 97.3 cm³/mol. The molecule has 0 atom stereocenters. The van der Waals surface area contributed by atoms with E-state index in [1.165, 1.54) is 25.1 Å². The maximum absolute atomic E-state index is 13.9. The number of carbonyl (C=O) groups is 2. The van der Waals surface area contributed by atoms with Crippen LogP contribution in [0.1, 0.15) is 12.5 Å². The van der Waals surface area contributed by atoms with Crippen molar-refractivity contribution in [3.05, 3.63) is 53.6 Å². The Morgan fingerprint density at radius 2 is 1.73 bits per heavy atom. The zero-order valence-corrected chi connectivity index (χ0v) is 14.7. The Morgan fingerprint density at radius 3 is 2.35 bits per heavy atom. The summed E-state index contributed by atoms with van der Waals surface area (Å²) in [7, 11) is 3.46. The summed E-state index contributed by atoms with van der Waals surface area (Å²) in [5, 5.41) is 7.39. The van der Waals surface area contributed by atoms with Crippen molar-refractivity contribution in [1.82, 2.24) is 5.32 Å². The molecule has 3 N–H and O–H groups in total. The minimum atomic E-state index is -0.652. The van der Waals surface area contributed by atoms with Gasteiger partial charge in [-0.15, -0.1) is 0 Å². The average Bonchev–Trinajstić information content (AvgIpc) is 2.55. The first-order chi connectivity index (χ1) is 12.3. The third-order valence-electron chi connectivity index (χ3n) is 3.48. The lowest BCUT2D eigenvalue weighted by Gasteiger charge is -2.14. The number of nitrogens with zero attached hydrogens (tertiary/aromatic N) is 1. The van der Waals surface area contributed by atoms with Gasteiger partial charge < -0.3 is 20.9 Å². The van der Waals surface area contributed by atoms with Crippen LogP contribution in [0.25, 0.3) is 0 Å². The minimum absolute atomic E-state index is 0.0729. The number of benzene rings is 2. The maximum Gasteiger partial charge on any atom is 0.319 e. The van der Waals surface area contributed by atoms with Gasteiger partial charge in [0.15, 0.2) is 0 Å². The molecular weight excluding hydrogens is 342 g/mol. The van der Waals surface area contributed by atoms with Crippen LogP contribution in [0.4, 0.5) is 30.6 Å². The summed E-state index contributed by atoms with van der Waals surface area (Å²) in [4.78, 5) is 24.6. The van der Waals surface area contributed by atoms with Gasteiger partial charge >= 0.3 is 6.03 Å². The first-order valence-electron chi connectivity index (χ1n) is 7.84. The fourth-order valence-electron chi connectivity index (χ4n) is 2.27. The van der Waals surface area contributed by atoms with Crippen LogP contribution in [0, 0.1) is 11.6 Å². The smallest absolute Gasteiger partial charge is 0.319 e. The quantitative estimate of drug-likeness (QED) is 0.764. The van der Waals surface area contributed by atoms with Gasteiger partial charge in [0.05, 0.1) is 11.4 Å². The van der Waals surface area contributed by atoms with Crippen LogP contribution in [-0.4, -0.2) is 26.0 Å². The van der Waals surface area contributed by atoms with Crippen LogP contribution in [-0.2, 0) is 11.3 Å². The van der Waals surface area contributed by atoms with E-state index in [4.69, 9.17) is 0 Å². The lowest BCUT2D eigenvalue weighted by atomic mass is 10.2. The Bertz CT molecular complexity index is 825. The molecule has 0 aliphatic rings. The van der Waals surface area contributed by atoms with Crippen molar-refractivity contribution in [3.63, 3.8) is 0 Å². The van der Waals surface area contributed by atoms with Crippen molar-refractivity contribution in [2.45, 2.75) is 13.5 Å². The summed E-state index contributed by atoms with van der Waals surface area (Å²) in [5.74, 6) is -1.35. The van der Waals surface area contributed by atoms with Crippen LogP contribution in [0.15, 0.2) is 36.4 Å². The highest BCUT2D eigenvalue weighted by molar-refractivity contribution is 5.92. The second kappa shape index (κ2) is 8.28. The maximum atomic E-state index is 13.9. The van der Waals surface area contributed by atoms with Gasteiger partial charge in [-0.2, -0.15) is 0 Å². The van der Waals surface area contributed by atoms with Crippen molar-refractivity contribution in [2.24, 2.45) is 0 Å². The van der Waals surface area contributed by atoms with Gasteiger partial charge in [0.25, 0.3) is 0 Å². The number of carbonyl (C=O) groups excluding carboxylic acids is 2. The summed E-state index contributed by atoms with van der Waals surface area (Å²) in [6.07, 6.45) is 0. The van der Waals surface area contributed by atoms with E-state index >= 15 is 0 Å². The van der Waals surface area contributed by atoms with E-state index < -0.39 is 17.7 Å². The van der Waals surface area contributed by atoms with Crippen LogP contribution < -0.4 is 20.9 Å². The summed E-state index contributed by atoms with van der Waals surface area (Å²) in [6.45, 7) is 1.40. The number of halogens is 2. The first kappa shape index (κ1) is 19.2. The van der Waals surface area contributed by atoms with Crippen LogP contribution in [0.5, 0.6) is 0 Å². The number of urea groups is 1. The molecule has 2 rings (SSSR count). The Morgan fingerprint density at radius 1 is 1.00 bits per heavy atom. The van der Waals surface area contributed by atoms with Gasteiger partial charge in [-0.3, -0.25) is 4.79 Å². The molecule has 8 heteroatoms. The van der Waals surface area contributed by atoms with Crippen molar-refractivity contribution in [2.75, 3.05) is 29.6 Å². The van der Waals surface area contributed by atoms with E-state index in [2.05, 4.69) is 16.0 Å². The molecule has 0 radical (unpaired) electrons. The molecule has 0 saturated heterocycles. The Labute approximate surface area is 150 Å². The summed E-state index contributed by atoms with van der Waals surface area (Å²) in [6, 6.07) is 7.80. The molecule has 0 fully saturated rings. The molecule has 0 unspecified atom stereocenters. The summed E-state index contributed by atoms with van der Waals surface area (Å²) in [5.41, 5.74) is 1.28. The van der Waals surface area contributed by atoms with Crippen LogP contribution in [0.2, 0.25) is 0 Å². The van der Waals surface area contributed by atoms with Gasteiger partial charge in [-0.05, 0) is 35.9 Å². The van der Waals surface area contributed by atoms with Gasteiger partial charge in [0, 0.05) is 33.3 Å². The summed E-state index contributed by atoms with van der Waals surface area (Å²) >= 11 is 0. The van der Waals surface area contributed by atoms with Crippen molar-refractivity contribution < 1.29 is 18.4 Å². The fraction of sp³-hybridized carbons (Fsp3) is 0.222. The number of hydrogen-bond donors (Lipinski definition) is 3. The average molecular weight is 362 g/mol. The fourth-order valence-corrected chi connectivity index (χ4v) is 2.27. The van der Waals surface area contributed by atoms with Crippen molar-refractivity contribution >= 4 is 29.0 Å². The zero-order valence-electron chi connectivity index (χ0n) is 14.7. The van der Waals surface area contributed by atoms with Gasteiger partial charge in [-0.1, -0.05) is 6.07 Å². The molecular formula is C18H20F2N4O2. The predicted octanol–water partition coefficient (Wildman–Crippen LogP) is 3.31. The van der Waals surface area contributed by atoms with E-state index in [-0.39, 0.29) is 18.1 Å². The molecule has 3 amide bonds. The molecule has 138 valence electrons. The molecule has 0 aliphatic carbocycles. The van der Waals surface area contributed by atoms with Gasteiger partial charge in [0.2, 0.25) is 5.91 Å². The second-order valence-corrected chi connectivity index (χ2v) is 5.86. The SMILES string of the molecule is CC(=O)Nc1ccc(F)c(NC(=O)NCc2ccc(N(C)C)c(F)c2)c1. The first-order valence-corrected chi connectivity index (χ1v) is 7.84. The van der Waals surface area contributed by atoms with Crippen LogP contribution >= 0.6 is 0 Å². The normalized spacial score (nSPS) is 10.2. The Balaban J connectivity index is 1.99. The lowest BCUT2D eigenvalue weighted by molar-refractivity contribution is -0.114. The number of nitrogens with one attached hydrogen (secondary N) is 3. The van der Waals surface area contributed by atoms with E-state index in [0.29, 0.717) is 16.9 Å². The van der Waals surface area contributed by atoms with E-state index in [9.17, 15) is 18.4 Å². The van der Waals surface area contributed by atoms with Crippen molar-refractivity contribution in [3.8, 4) is 0 Å². The van der Waals surface area contributed by atoms with Crippen molar-refractivity contribution in [1.29, 1.82) is 0 Å². The number of rotatable bonds is 5. The third-order valence-corrected chi connectivity index (χ3v) is 3.48. The highest BCUT2D eigenvalue weighted by Gasteiger charge is 2.10. The molecule has 0 saturated carbocycles. The molecule has 0 aromatic heterocycles. The highest BCUT2D eigenvalue weighted by atomic mass is 19.1. The molecule has 2 aromatic rings. The highest BCUT2D eigenvalue weighted by Crippen LogP contribution is 2.20. The molecule has 0 heterocycles. The Hall–Kier alpha value is -3.16. The molecule has 6 nitrogen and oxygen atoms in total. The monoisotopic (exact) mass is 362 g/mol.